The van der Waals surface area contributed by atoms with Crippen molar-refractivity contribution in [1.82, 2.24) is 15.2 Å². The number of rotatable bonds is 6. The fourth-order valence-corrected chi connectivity index (χ4v) is 6.68. The number of phenols is 1. The van der Waals surface area contributed by atoms with Crippen LogP contribution < -0.4 is 11.1 Å². The van der Waals surface area contributed by atoms with Crippen LogP contribution in [-0.4, -0.2) is 41.2 Å². The van der Waals surface area contributed by atoms with Crippen molar-refractivity contribution in [3.05, 3.63) is 58.8 Å². The van der Waals surface area contributed by atoms with E-state index in [4.69, 9.17) is 10.8 Å². The van der Waals surface area contributed by atoms with Gasteiger partial charge in [-0.2, -0.15) is 0 Å². The summed E-state index contributed by atoms with van der Waals surface area (Å²) in [6.07, 6.45) is 9.69. The van der Waals surface area contributed by atoms with Crippen LogP contribution in [-0.2, 0) is 19.4 Å². The topological polar surface area (TPSA) is 77.3 Å². The first-order valence-corrected chi connectivity index (χ1v) is 16.5. The standard InChI is InChI=1S/C25H35N3.C7H9NO.2C2H6/c1-25-12-22-21-10-19(14-26-13-17-2-3-17)6-7-23(21)27-24(22)11-20(25)8-9-28(16-25)15-18-4-5-18;1-5-2-3-7(9)6(8)4-5;2*1-2/h6-7,10,17-18,20,26-27H,2-5,8-9,11-16H2,1H3;2-4,9H,8H2,1H3;2*1-2H3. The van der Waals surface area contributed by atoms with E-state index in [0.717, 1.165) is 29.9 Å². The van der Waals surface area contributed by atoms with Crippen molar-refractivity contribution >= 4 is 16.6 Å². The summed E-state index contributed by atoms with van der Waals surface area (Å²) < 4.78 is 0. The van der Waals surface area contributed by atoms with E-state index in [-0.39, 0.29) is 5.75 Å². The van der Waals surface area contributed by atoms with Crippen LogP contribution in [0.1, 0.15) is 89.1 Å². The van der Waals surface area contributed by atoms with Gasteiger partial charge >= 0.3 is 0 Å². The highest BCUT2D eigenvalue weighted by molar-refractivity contribution is 5.85. The molecule has 0 amide bonds. The lowest BCUT2D eigenvalue weighted by molar-refractivity contribution is 0.0311. The Hall–Kier alpha value is -2.50. The molecule has 4 aliphatic rings. The molecule has 2 aromatic carbocycles. The van der Waals surface area contributed by atoms with Gasteiger partial charge in [0.2, 0.25) is 0 Å². The second-order valence-electron chi connectivity index (χ2n) is 12.8. The largest absolute Gasteiger partial charge is 0.506 e. The summed E-state index contributed by atoms with van der Waals surface area (Å²) in [4.78, 5) is 6.59. The van der Waals surface area contributed by atoms with Crippen LogP contribution in [0.2, 0.25) is 0 Å². The maximum Gasteiger partial charge on any atom is 0.138 e. The summed E-state index contributed by atoms with van der Waals surface area (Å²) in [6, 6.07) is 12.2. The summed E-state index contributed by atoms with van der Waals surface area (Å²) in [5, 5.41) is 14.1. The van der Waals surface area contributed by atoms with Crippen LogP contribution in [0.25, 0.3) is 10.9 Å². The second-order valence-corrected chi connectivity index (χ2v) is 12.8. The number of nitrogen functional groups attached to an aromatic ring is 1. The van der Waals surface area contributed by atoms with E-state index in [9.17, 15) is 0 Å². The molecule has 1 saturated heterocycles. The predicted octanol–water partition coefficient (Wildman–Crippen LogP) is 7.84. The second kappa shape index (κ2) is 14.1. The van der Waals surface area contributed by atoms with Crippen molar-refractivity contribution in [3.63, 3.8) is 0 Å². The number of hydrogen-bond donors (Lipinski definition) is 4. The highest BCUT2D eigenvalue weighted by Gasteiger charge is 2.44. The van der Waals surface area contributed by atoms with E-state index in [2.05, 4.69) is 40.3 Å². The Morgan fingerprint density at radius 1 is 1.00 bits per heavy atom. The van der Waals surface area contributed by atoms with Crippen LogP contribution in [0.15, 0.2) is 36.4 Å². The number of phenolic OH excluding ortho intramolecular Hbond substituents is 1. The molecule has 2 heterocycles. The number of anilines is 1. The van der Waals surface area contributed by atoms with Crippen LogP contribution in [0.5, 0.6) is 5.75 Å². The number of aromatic nitrogens is 1. The quantitative estimate of drug-likeness (QED) is 0.183. The molecule has 5 N–H and O–H groups in total. The molecular weight excluding hydrogens is 504 g/mol. The van der Waals surface area contributed by atoms with Gasteiger partial charge in [-0.25, -0.2) is 0 Å². The Morgan fingerprint density at radius 2 is 1.73 bits per heavy atom. The van der Waals surface area contributed by atoms with Gasteiger partial charge in [0.15, 0.2) is 0 Å². The Morgan fingerprint density at radius 3 is 2.39 bits per heavy atom. The van der Waals surface area contributed by atoms with Crippen molar-refractivity contribution in [1.29, 1.82) is 0 Å². The number of nitrogens with two attached hydrogens (primary N) is 1. The molecule has 3 aromatic rings. The zero-order valence-electron chi connectivity index (χ0n) is 26.7. The summed E-state index contributed by atoms with van der Waals surface area (Å²) in [5.74, 6) is 2.97. The number of aromatic hydroxyl groups is 1. The third-order valence-corrected chi connectivity index (χ3v) is 9.31. The molecule has 2 atom stereocenters. The van der Waals surface area contributed by atoms with Crippen molar-refractivity contribution in [2.45, 2.75) is 93.0 Å². The van der Waals surface area contributed by atoms with Gasteiger partial charge in [-0.15, -0.1) is 0 Å². The SMILES string of the molecule is CC.CC.CC12Cc3c([nH]c4ccc(CNCC5CC5)cc34)CC1CCN(CC1CC1)C2.Cc1ccc(O)c(N)c1. The highest BCUT2D eigenvalue weighted by atomic mass is 16.3. The molecule has 226 valence electrons. The lowest BCUT2D eigenvalue weighted by atomic mass is 9.63. The minimum atomic E-state index is 0.153. The van der Waals surface area contributed by atoms with Crippen molar-refractivity contribution in [3.8, 4) is 5.75 Å². The molecule has 3 aliphatic carbocycles. The number of piperidine rings is 1. The number of H-pyrrole nitrogens is 1. The monoisotopic (exact) mass is 560 g/mol. The van der Waals surface area contributed by atoms with Crippen molar-refractivity contribution in [2.24, 2.45) is 23.2 Å². The molecule has 7 rings (SSSR count). The van der Waals surface area contributed by atoms with Gasteiger partial charge in [-0.05, 0) is 129 Å². The highest BCUT2D eigenvalue weighted by Crippen LogP contribution is 2.47. The van der Waals surface area contributed by atoms with E-state index < -0.39 is 0 Å². The predicted molar refractivity (Wildman–Crippen MR) is 175 cm³/mol. The number of hydrogen-bond acceptors (Lipinski definition) is 4. The average molecular weight is 561 g/mol. The Kier molecular flexibility index (Phi) is 10.8. The third-order valence-electron chi connectivity index (χ3n) is 9.31. The smallest absolute Gasteiger partial charge is 0.138 e. The Balaban J connectivity index is 0.000000253. The van der Waals surface area contributed by atoms with Gasteiger partial charge in [0.1, 0.15) is 5.75 Å². The number of likely N-dealkylation sites (tertiary alicyclic amines) is 1. The molecule has 5 heteroatoms. The molecule has 1 aromatic heterocycles. The first kappa shape index (κ1) is 31.4. The van der Waals surface area contributed by atoms with Crippen molar-refractivity contribution in [2.75, 3.05) is 31.9 Å². The minimum absolute atomic E-state index is 0.153. The van der Waals surface area contributed by atoms with Crippen LogP contribution in [0, 0.1) is 30.1 Å². The summed E-state index contributed by atoms with van der Waals surface area (Å²) in [6.45, 7) is 18.7. The molecule has 0 spiro atoms. The number of nitrogens with zero attached hydrogens (tertiary/aromatic N) is 1. The summed E-state index contributed by atoms with van der Waals surface area (Å²) >= 11 is 0. The van der Waals surface area contributed by atoms with E-state index in [1.807, 2.05) is 40.7 Å². The van der Waals surface area contributed by atoms with E-state index in [1.54, 1.807) is 17.7 Å². The zero-order chi connectivity index (χ0) is 29.6. The Labute approximate surface area is 249 Å². The fourth-order valence-electron chi connectivity index (χ4n) is 6.68. The summed E-state index contributed by atoms with van der Waals surface area (Å²) in [7, 11) is 0. The average Bonchev–Trinajstić information content (AvgIpc) is 3.92. The number of aryl methyl sites for hydroxylation is 1. The molecule has 1 aliphatic heterocycles. The van der Waals surface area contributed by atoms with Gasteiger partial charge in [-0.1, -0.05) is 46.8 Å². The van der Waals surface area contributed by atoms with Gasteiger partial charge < -0.3 is 26.0 Å². The lowest BCUT2D eigenvalue weighted by Crippen LogP contribution is -2.51. The molecule has 0 radical (unpaired) electrons. The normalized spacial score (nSPS) is 23.1. The molecule has 2 saturated carbocycles. The van der Waals surface area contributed by atoms with Gasteiger partial charge in [-0.3, -0.25) is 0 Å². The molecule has 0 bridgehead atoms. The number of benzene rings is 2. The molecular formula is C36H56N4O. The van der Waals surface area contributed by atoms with Gasteiger partial charge in [0.25, 0.3) is 0 Å². The third kappa shape index (κ3) is 8.08. The number of fused-ring (bicyclic) bond motifs is 4. The van der Waals surface area contributed by atoms with Crippen LogP contribution in [0.3, 0.4) is 0 Å². The van der Waals surface area contributed by atoms with Gasteiger partial charge in [0.05, 0.1) is 5.69 Å². The fraction of sp³-hybridized carbons (Fsp3) is 0.611. The first-order chi connectivity index (χ1) is 19.9. The maximum atomic E-state index is 8.92. The van der Waals surface area contributed by atoms with Crippen LogP contribution >= 0.6 is 0 Å². The maximum absolute atomic E-state index is 8.92. The first-order valence-electron chi connectivity index (χ1n) is 16.5. The van der Waals surface area contributed by atoms with Crippen molar-refractivity contribution < 1.29 is 5.11 Å². The lowest BCUT2D eigenvalue weighted by Gasteiger charge is -2.49. The molecule has 5 nitrogen and oxygen atoms in total. The minimum Gasteiger partial charge on any atom is -0.506 e. The number of nitrogens with one attached hydrogen (secondary N) is 2. The Bertz CT molecular complexity index is 1260. The van der Waals surface area contributed by atoms with E-state index >= 15 is 0 Å². The van der Waals surface area contributed by atoms with E-state index in [1.165, 1.54) is 93.3 Å². The van der Waals surface area contributed by atoms with Gasteiger partial charge in [0, 0.05) is 36.2 Å². The molecule has 2 unspecified atom stereocenters. The summed E-state index contributed by atoms with van der Waals surface area (Å²) in [5.41, 5.74) is 13.3. The molecule has 3 fully saturated rings. The number of aromatic amines is 1. The van der Waals surface area contributed by atoms with E-state index in [0.29, 0.717) is 11.1 Å². The van der Waals surface area contributed by atoms with Crippen LogP contribution in [0.4, 0.5) is 5.69 Å². The zero-order valence-corrected chi connectivity index (χ0v) is 26.7. The molecule has 41 heavy (non-hydrogen) atoms.